The maximum Gasteiger partial charge on any atom is 0.277 e. The highest BCUT2D eigenvalue weighted by Crippen LogP contribution is 2.28. The van der Waals surface area contributed by atoms with E-state index in [1.54, 1.807) is 20.8 Å². The smallest absolute Gasteiger partial charge is 0.277 e. The van der Waals surface area contributed by atoms with Crippen LogP contribution in [-0.4, -0.2) is 28.1 Å². The predicted molar refractivity (Wildman–Crippen MR) is 102 cm³/mol. The van der Waals surface area contributed by atoms with Crippen LogP contribution in [0.3, 0.4) is 0 Å². The van der Waals surface area contributed by atoms with Gasteiger partial charge in [-0.1, -0.05) is 0 Å². The first-order chi connectivity index (χ1) is 13.2. The lowest BCUT2D eigenvalue weighted by molar-refractivity contribution is -0.385. The predicted octanol–water partition coefficient (Wildman–Crippen LogP) is 3.04. The van der Waals surface area contributed by atoms with Crippen LogP contribution >= 0.6 is 0 Å². The lowest BCUT2D eigenvalue weighted by Crippen LogP contribution is -2.26. The molecule has 0 unspecified atom stereocenters. The van der Waals surface area contributed by atoms with Crippen molar-refractivity contribution >= 4 is 23.0 Å². The lowest BCUT2D eigenvalue weighted by Gasteiger charge is -2.11. The van der Waals surface area contributed by atoms with Crippen molar-refractivity contribution in [2.24, 2.45) is 5.10 Å². The molecular formula is C18H18N4O6. The van der Waals surface area contributed by atoms with E-state index in [9.17, 15) is 25.0 Å². The summed E-state index contributed by atoms with van der Waals surface area (Å²) in [6, 6.07) is 8.50. The second kappa shape index (κ2) is 8.71. The number of hydrazone groups is 1. The number of carbonyl (C=O) groups is 1. The van der Waals surface area contributed by atoms with E-state index in [2.05, 4.69) is 10.5 Å². The van der Waals surface area contributed by atoms with Gasteiger partial charge < -0.3 is 4.74 Å². The van der Waals surface area contributed by atoms with Crippen LogP contribution in [-0.2, 0) is 4.79 Å². The maximum absolute atomic E-state index is 12.0. The number of nitrogens with zero attached hydrogens (tertiary/aromatic N) is 3. The zero-order valence-corrected chi connectivity index (χ0v) is 15.5. The zero-order valence-electron chi connectivity index (χ0n) is 15.5. The first-order valence-corrected chi connectivity index (χ1v) is 8.15. The molecule has 0 saturated heterocycles. The van der Waals surface area contributed by atoms with E-state index in [1.807, 2.05) is 0 Å². The number of nitro benzene ring substituents is 2. The molecule has 28 heavy (non-hydrogen) atoms. The number of rotatable bonds is 7. The summed E-state index contributed by atoms with van der Waals surface area (Å²) in [5, 5.41) is 25.5. The van der Waals surface area contributed by atoms with Crippen molar-refractivity contribution in [2.45, 2.75) is 20.8 Å². The van der Waals surface area contributed by atoms with Gasteiger partial charge in [-0.15, -0.1) is 0 Å². The minimum absolute atomic E-state index is 0.0391. The Bertz CT molecular complexity index is 930. The number of non-ortho nitro benzene ring substituents is 2. The van der Waals surface area contributed by atoms with E-state index < -0.39 is 15.8 Å². The van der Waals surface area contributed by atoms with Gasteiger partial charge in [-0.3, -0.25) is 25.0 Å². The molecule has 1 N–H and O–H groups in total. The summed E-state index contributed by atoms with van der Waals surface area (Å²) in [7, 11) is 0. The van der Waals surface area contributed by atoms with Gasteiger partial charge in [-0.25, -0.2) is 5.43 Å². The third-order valence-corrected chi connectivity index (χ3v) is 3.85. The number of hydrogen-bond acceptors (Lipinski definition) is 7. The number of amides is 1. The number of aryl methyl sites for hydroxylation is 2. The Morgan fingerprint density at radius 1 is 1.04 bits per heavy atom. The van der Waals surface area contributed by atoms with Crippen molar-refractivity contribution in [3.05, 3.63) is 73.3 Å². The van der Waals surface area contributed by atoms with Crippen molar-refractivity contribution in [3.63, 3.8) is 0 Å². The molecule has 10 heteroatoms. The zero-order chi connectivity index (χ0) is 20.8. The molecule has 0 saturated carbocycles. The quantitative estimate of drug-likeness (QED) is 0.441. The second-order valence-corrected chi connectivity index (χ2v) is 5.99. The van der Waals surface area contributed by atoms with Crippen LogP contribution in [0.25, 0.3) is 0 Å². The summed E-state index contributed by atoms with van der Waals surface area (Å²) in [5.41, 5.74) is 4.43. The fourth-order valence-electron chi connectivity index (χ4n) is 2.47. The molecule has 0 heterocycles. The molecule has 146 valence electrons. The molecular weight excluding hydrogens is 368 g/mol. The summed E-state index contributed by atoms with van der Waals surface area (Å²) in [6.45, 7) is 4.64. The molecule has 0 fully saturated rings. The number of nitro groups is 2. The van der Waals surface area contributed by atoms with Gasteiger partial charge in [0.2, 0.25) is 0 Å². The Balaban J connectivity index is 1.98. The van der Waals surface area contributed by atoms with Gasteiger partial charge in [0.1, 0.15) is 5.75 Å². The summed E-state index contributed by atoms with van der Waals surface area (Å²) in [4.78, 5) is 32.5. The van der Waals surface area contributed by atoms with Crippen LogP contribution < -0.4 is 10.2 Å². The number of benzene rings is 2. The molecule has 2 aromatic rings. The van der Waals surface area contributed by atoms with E-state index in [4.69, 9.17) is 4.74 Å². The fraction of sp³-hybridized carbons (Fsp3) is 0.222. The van der Waals surface area contributed by atoms with Crippen LogP contribution in [0.4, 0.5) is 11.4 Å². The van der Waals surface area contributed by atoms with Gasteiger partial charge in [0.05, 0.1) is 15.6 Å². The largest absolute Gasteiger partial charge is 0.483 e. The Kier molecular flexibility index (Phi) is 6.38. The Morgan fingerprint density at radius 2 is 1.57 bits per heavy atom. The second-order valence-electron chi connectivity index (χ2n) is 5.99. The van der Waals surface area contributed by atoms with Gasteiger partial charge in [0.25, 0.3) is 17.3 Å². The van der Waals surface area contributed by atoms with Crippen LogP contribution in [0.5, 0.6) is 5.75 Å². The highest BCUT2D eigenvalue weighted by atomic mass is 16.6. The van der Waals surface area contributed by atoms with Crippen LogP contribution in [0.1, 0.15) is 23.6 Å². The molecule has 0 spiro atoms. The van der Waals surface area contributed by atoms with Crippen molar-refractivity contribution in [1.29, 1.82) is 0 Å². The molecule has 2 rings (SSSR count). The number of ether oxygens (including phenoxy) is 1. The molecule has 0 aromatic heterocycles. The Hall–Kier alpha value is -3.82. The van der Waals surface area contributed by atoms with E-state index in [1.165, 1.54) is 36.4 Å². The Morgan fingerprint density at radius 3 is 2.07 bits per heavy atom. The summed E-state index contributed by atoms with van der Waals surface area (Å²) >= 11 is 0. The standard InChI is InChI=1S/C18H18N4O6/c1-11-8-16(22(26)27)9-12(2)18(11)28-10-17(23)20-19-13(3)14-4-6-15(7-5-14)21(24)25/h4-9H,10H2,1-3H3,(H,20,23)/b19-13+. The van der Waals surface area contributed by atoms with Crippen LogP contribution in [0.15, 0.2) is 41.5 Å². The van der Waals surface area contributed by atoms with Crippen molar-refractivity contribution in [3.8, 4) is 5.75 Å². The monoisotopic (exact) mass is 386 g/mol. The van der Waals surface area contributed by atoms with Gasteiger partial charge >= 0.3 is 0 Å². The normalized spacial score (nSPS) is 11.0. The lowest BCUT2D eigenvalue weighted by atomic mass is 10.1. The van der Waals surface area contributed by atoms with Crippen molar-refractivity contribution < 1.29 is 19.4 Å². The van der Waals surface area contributed by atoms with Gasteiger partial charge in [-0.05, 0) is 49.6 Å². The van der Waals surface area contributed by atoms with Crippen molar-refractivity contribution in [1.82, 2.24) is 5.43 Å². The van der Waals surface area contributed by atoms with Crippen LogP contribution in [0, 0.1) is 34.1 Å². The average molecular weight is 386 g/mol. The molecule has 0 aliphatic heterocycles. The first-order valence-electron chi connectivity index (χ1n) is 8.15. The van der Waals surface area contributed by atoms with Crippen molar-refractivity contribution in [2.75, 3.05) is 6.61 Å². The molecule has 0 radical (unpaired) electrons. The number of nitrogens with one attached hydrogen (secondary N) is 1. The summed E-state index contributed by atoms with van der Waals surface area (Å²) in [5.74, 6) is -0.116. The third kappa shape index (κ3) is 5.10. The van der Waals surface area contributed by atoms with Gasteiger partial charge in [0, 0.05) is 24.3 Å². The molecule has 10 nitrogen and oxygen atoms in total. The highest BCUT2D eigenvalue weighted by Gasteiger charge is 2.14. The topological polar surface area (TPSA) is 137 Å². The Labute approximate surface area is 160 Å². The first kappa shape index (κ1) is 20.5. The summed E-state index contributed by atoms with van der Waals surface area (Å²) in [6.07, 6.45) is 0. The average Bonchev–Trinajstić information content (AvgIpc) is 2.65. The molecule has 0 bridgehead atoms. The van der Waals surface area contributed by atoms with Crippen LogP contribution in [0.2, 0.25) is 0 Å². The maximum atomic E-state index is 12.0. The molecule has 0 atom stereocenters. The van der Waals surface area contributed by atoms with E-state index in [0.717, 1.165) is 0 Å². The fourth-order valence-corrected chi connectivity index (χ4v) is 2.47. The minimum atomic E-state index is -0.515. The minimum Gasteiger partial charge on any atom is -0.483 e. The number of carbonyl (C=O) groups excluding carboxylic acids is 1. The van der Waals surface area contributed by atoms with Gasteiger partial charge in [-0.2, -0.15) is 5.10 Å². The van der Waals surface area contributed by atoms with Gasteiger partial charge in [0.15, 0.2) is 6.61 Å². The number of hydrogen-bond donors (Lipinski definition) is 1. The SMILES string of the molecule is C/C(=N\NC(=O)COc1c(C)cc([N+](=O)[O-])cc1C)c1ccc([N+](=O)[O-])cc1. The van der Waals surface area contributed by atoms with E-state index in [0.29, 0.717) is 28.2 Å². The molecule has 1 amide bonds. The highest BCUT2D eigenvalue weighted by molar-refractivity contribution is 5.99. The van der Waals surface area contributed by atoms with E-state index >= 15 is 0 Å². The molecule has 0 aliphatic rings. The molecule has 2 aromatic carbocycles. The van der Waals surface area contributed by atoms with E-state index in [-0.39, 0.29) is 18.0 Å². The third-order valence-electron chi connectivity index (χ3n) is 3.85. The summed E-state index contributed by atoms with van der Waals surface area (Å²) < 4.78 is 5.47. The molecule has 0 aliphatic carbocycles.